The first-order chi connectivity index (χ1) is 8.49. The van der Waals surface area contributed by atoms with E-state index in [9.17, 15) is 4.79 Å². The lowest BCUT2D eigenvalue weighted by Crippen LogP contribution is -2.58. The predicted molar refractivity (Wildman–Crippen MR) is 65.9 cm³/mol. The van der Waals surface area contributed by atoms with Crippen molar-refractivity contribution in [3.8, 4) is 0 Å². The van der Waals surface area contributed by atoms with Gasteiger partial charge < -0.3 is 9.47 Å². The molecule has 0 unspecified atom stereocenters. The van der Waals surface area contributed by atoms with Crippen LogP contribution >= 0.6 is 0 Å². The molecule has 3 heteroatoms. The zero-order chi connectivity index (χ0) is 12.7. The van der Waals surface area contributed by atoms with Crippen LogP contribution in [0.1, 0.15) is 39.5 Å². The summed E-state index contributed by atoms with van der Waals surface area (Å²) in [5.74, 6) is 1.58. The summed E-state index contributed by atoms with van der Waals surface area (Å²) < 4.78 is 12.1. The van der Waals surface area contributed by atoms with Crippen molar-refractivity contribution in [1.82, 2.24) is 0 Å². The van der Waals surface area contributed by atoms with Gasteiger partial charge in [-0.05, 0) is 38.5 Å². The quantitative estimate of drug-likeness (QED) is 0.488. The van der Waals surface area contributed by atoms with Gasteiger partial charge in [0.15, 0.2) is 11.4 Å². The van der Waals surface area contributed by atoms with E-state index < -0.39 is 0 Å². The Morgan fingerprint density at radius 3 is 2.89 bits per heavy atom. The number of epoxide rings is 1. The summed E-state index contributed by atoms with van der Waals surface area (Å²) in [7, 11) is 0. The van der Waals surface area contributed by atoms with E-state index in [1.54, 1.807) is 0 Å². The summed E-state index contributed by atoms with van der Waals surface area (Å²) in [4.78, 5) is 12.3. The number of hydrogen-bond acceptors (Lipinski definition) is 3. The molecular weight excluding hydrogens is 228 g/mol. The lowest BCUT2D eigenvalue weighted by molar-refractivity contribution is -0.131. The number of carbonyl (C=O) groups excluding carboxylic acids is 1. The fourth-order valence-electron chi connectivity index (χ4n) is 4.88. The number of ether oxygens (including phenoxy) is 2. The van der Waals surface area contributed by atoms with Crippen LogP contribution in [0.5, 0.6) is 0 Å². The van der Waals surface area contributed by atoms with E-state index in [1.165, 1.54) is 0 Å². The lowest BCUT2D eigenvalue weighted by Gasteiger charge is -2.48. The molecule has 0 radical (unpaired) electrons. The van der Waals surface area contributed by atoms with Gasteiger partial charge in [-0.2, -0.15) is 0 Å². The lowest BCUT2D eigenvalue weighted by atomic mass is 9.56. The van der Waals surface area contributed by atoms with Crippen LogP contribution in [0.3, 0.4) is 0 Å². The summed E-state index contributed by atoms with van der Waals surface area (Å²) in [5.41, 5.74) is -0.421. The number of fused-ring (bicyclic) bond motifs is 1. The van der Waals surface area contributed by atoms with Crippen molar-refractivity contribution >= 4 is 5.78 Å². The zero-order valence-electron chi connectivity index (χ0n) is 11.1. The topological polar surface area (TPSA) is 38.8 Å². The maximum absolute atomic E-state index is 12.3. The largest absolute Gasteiger partial charge is 0.480 e. The molecule has 2 aliphatic carbocycles. The van der Waals surface area contributed by atoms with Crippen molar-refractivity contribution in [2.45, 2.75) is 56.8 Å². The highest BCUT2D eigenvalue weighted by atomic mass is 16.6. The SMILES string of the molecule is C=C1O[C@@]23[C@H](CC[C@H](C)[C@@H]2CC[C@@]2(C)O[C@@H]32)C1=O. The molecule has 6 atom stereocenters. The van der Waals surface area contributed by atoms with Crippen LogP contribution in [-0.2, 0) is 14.3 Å². The van der Waals surface area contributed by atoms with E-state index >= 15 is 0 Å². The first-order valence-electron chi connectivity index (χ1n) is 7.09. The van der Waals surface area contributed by atoms with Gasteiger partial charge in [0.2, 0.25) is 5.78 Å². The molecule has 4 rings (SSSR count). The molecule has 0 amide bonds. The summed E-state index contributed by atoms with van der Waals surface area (Å²) in [6.45, 7) is 8.27. The van der Waals surface area contributed by atoms with Gasteiger partial charge in [0.05, 0.1) is 11.5 Å². The smallest absolute Gasteiger partial charge is 0.203 e. The first-order valence-corrected chi connectivity index (χ1v) is 7.09. The molecule has 0 aromatic carbocycles. The standard InChI is InChI=1S/C15H20O3/c1-8-4-5-11-12(16)9(2)17-15(11)10(8)6-7-14(3)13(15)18-14/h8,10-11,13H,2,4-7H2,1,3H3/t8-,10-,11+,13+,14+,15+/m0/s1. The van der Waals surface area contributed by atoms with Gasteiger partial charge in [0, 0.05) is 5.92 Å². The van der Waals surface area contributed by atoms with E-state index in [2.05, 4.69) is 20.4 Å². The minimum atomic E-state index is -0.376. The fraction of sp³-hybridized carbons (Fsp3) is 0.800. The molecule has 0 N–H and O–H groups in total. The Bertz CT molecular complexity index is 457. The van der Waals surface area contributed by atoms with Crippen LogP contribution in [0.25, 0.3) is 0 Å². The molecule has 98 valence electrons. The molecule has 18 heavy (non-hydrogen) atoms. The van der Waals surface area contributed by atoms with Gasteiger partial charge in [0.1, 0.15) is 6.10 Å². The number of allylic oxidation sites excluding steroid dienone is 1. The normalized spacial score (nSPS) is 57.4. The van der Waals surface area contributed by atoms with Crippen LogP contribution in [0, 0.1) is 17.8 Å². The van der Waals surface area contributed by atoms with E-state index in [-0.39, 0.29) is 29.0 Å². The van der Waals surface area contributed by atoms with Crippen LogP contribution in [0.4, 0.5) is 0 Å². The number of ketones is 1. The van der Waals surface area contributed by atoms with Crippen molar-refractivity contribution in [2.24, 2.45) is 17.8 Å². The Kier molecular flexibility index (Phi) is 1.84. The number of Topliss-reactive ketones (excluding diaryl/α,β-unsaturated/α-hetero) is 1. The predicted octanol–water partition coefficient (Wildman–Crippen LogP) is 2.45. The molecule has 2 heterocycles. The highest BCUT2D eigenvalue weighted by Crippen LogP contribution is 2.65. The van der Waals surface area contributed by atoms with Gasteiger partial charge in [-0.15, -0.1) is 0 Å². The Labute approximate surface area is 108 Å². The third-order valence-corrected chi connectivity index (χ3v) is 5.86. The molecule has 3 nitrogen and oxygen atoms in total. The van der Waals surface area contributed by atoms with Crippen molar-refractivity contribution in [3.05, 3.63) is 12.3 Å². The van der Waals surface area contributed by atoms with Crippen LogP contribution in [0.15, 0.2) is 12.3 Å². The second kappa shape index (κ2) is 3.01. The van der Waals surface area contributed by atoms with Gasteiger partial charge in [-0.1, -0.05) is 13.5 Å². The molecule has 0 bridgehead atoms. The average molecular weight is 248 g/mol. The molecule has 2 saturated heterocycles. The van der Waals surface area contributed by atoms with E-state index in [0.717, 1.165) is 25.7 Å². The molecule has 1 spiro atoms. The molecule has 0 aromatic heterocycles. The fourth-order valence-corrected chi connectivity index (χ4v) is 4.88. The monoisotopic (exact) mass is 248 g/mol. The van der Waals surface area contributed by atoms with Crippen molar-refractivity contribution in [2.75, 3.05) is 0 Å². The first kappa shape index (κ1) is 11.0. The highest BCUT2D eigenvalue weighted by Gasteiger charge is 2.76. The van der Waals surface area contributed by atoms with Crippen molar-refractivity contribution in [1.29, 1.82) is 0 Å². The van der Waals surface area contributed by atoms with Gasteiger partial charge >= 0.3 is 0 Å². The molecule has 2 saturated carbocycles. The van der Waals surface area contributed by atoms with Crippen LogP contribution < -0.4 is 0 Å². The Balaban J connectivity index is 1.83. The van der Waals surface area contributed by atoms with Gasteiger partial charge in [0.25, 0.3) is 0 Å². The molecule has 2 aliphatic heterocycles. The molecular formula is C15H20O3. The summed E-state index contributed by atoms with van der Waals surface area (Å²) >= 11 is 0. The van der Waals surface area contributed by atoms with Gasteiger partial charge in [-0.3, -0.25) is 4.79 Å². The molecule has 4 fully saturated rings. The van der Waals surface area contributed by atoms with Gasteiger partial charge in [-0.25, -0.2) is 0 Å². The molecule has 4 aliphatic rings. The second-order valence-electron chi connectivity index (χ2n) is 6.81. The van der Waals surface area contributed by atoms with Crippen molar-refractivity contribution in [3.63, 3.8) is 0 Å². The molecule has 0 aromatic rings. The third-order valence-electron chi connectivity index (χ3n) is 5.86. The summed E-state index contributed by atoms with van der Waals surface area (Å²) in [6.07, 6.45) is 4.39. The van der Waals surface area contributed by atoms with Crippen molar-refractivity contribution < 1.29 is 14.3 Å². The Morgan fingerprint density at radius 2 is 2.11 bits per heavy atom. The maximum atomic E-state index is 12.3. The van der Waals surface area contributed by atoms with Crippen LogP contribution in [0.2, 0.25) is 0 Å². The third kappa shape index (κ3) is 1.04. The minimum absolute atomic E-state index is 0.00155. The second-order valence-corrected chi connectivity index (χ2v) is 6.81. The minimum Gasteiger partial charge on any atom is -0.480 e. The number of carbonyl (C=O) groups is 1. The van der Waals surface area contributed by atoms with Crippen LogP contribution in [-0.4, -0.2) is 23.1 Å². The highest BCUT2D eigenvalue weighted by molar-refractivity contribution is 5.98. The Hall–Kier alpha value is -0.830. The maximum Gasteiger partial charge on any atom is 0.203 e. The summed E-state index contributed by atoms with van der Waals surface area (Å²) in [6, 6.07) is 0. The van der Waals surface area contributed by atoms with E-state index in [1.807, 2.05) is 0 Å². The summed E-state index contributed by atoms with van der Waals surface area (Å²) in [5, 5.41) is 0. The Morgan fingerprint density at radius 1 is 1.33 bits per heavy atom. The van der Waals surface area contributed by atoms with E-state index in [4.69, 9.17) is 9.47 Å². The average Bonchev–Trinajstić information content (AvgIpc) is 2.95. The zero-order valence-corrected chi connectivity index (χ0v) is 11.1. The number of hydrogen-bond donors (Lipinski definition) is 0. The number of rotatable bonds is 0. The van der Waals surface area contributed by atoms with E-state index in [0.29, 0.717) is 17.6 Å².